The summed E-state index contributed by atoms with van der Waals surface area (Å²) in [6.07, 6.45) is 3.04. The lowest BCUT2D eigenvalue weighted by molar-refractivity contribution is -0.111. The number of halogens is 2. The SMILES string of the molecule is COC(=O)c1ccc(NC(=O)C=Cc2ccc(OCc3c(Cl)cccc3Cl)c(OC)c2)cc1. The summed E-state index contributed by atoms with van der Waals surface area (Å²) in [5, 5.41) is 3.77. The summed E-state index contributed by atoms with van der Waals surface area (Å²) in [6, 6.07) is 16.9. The highest BCUT2D eigenvalue weighted by atomic mass is 35.5. The third-order valence-electron chi connectivity index (χ3n) is 4.62. The van der Waals surface area contributed by atoms with Crippen molar-refractivity contribution in [2.24, 2.45) is 0 Å². The molecule has 0 radical (unpaired) electrons. The van der Waals surface area contributed by atoms with E-state index in [-0.39, 0.29) is 12.5 Å². The molecule has 170 valence electrons. The number of rotatable bonds is 8. The number of hydrogen-bond donors (Lipinski definition) is 1. The topological polar surface area (TPSA) is 73.9 Å². The first-order chi connectivity index (χ1) is 15.9. The molecule has 33 heavy (non-hydrogen) atoms. The number of anilines is 1. The highest BCUT2D eigenvalue weighted by Gasteiger charge is 2.10. The lowest BCUT2D eigenvalue weighted by Gasteiger charge is -2.13. The van der Waals surface area contributed by atoms with E-state index >= 15 is 0 Å². The first-order valence-corrected chi connectivity index (χ1v) is 10.6. The zero-order chi connectivity index (χ0) is 23.8. The molecule has 0 saturated carbocycles. The number of benzene rings is 3. The van der Waals surface area contributed by atoms with Crippen molar-refractivity contribution < 1.29 is 23.8 Å². The third kappa shape index (κ3) is 6.51. The molecule has 0 fully saturated rings. The van der Waals surface area contributed by atoms with E-state index in [9.17, 15) is 9.59 Å². The van der Waals surface area contributed by atoms with E-state index < -0.39 is 5.97 Å². The van der Waals surface area contributed by atoms with Gasteiger partial charge in [-0.1, -0.05) is 35.3 Å². The summed E-state index contributed by atoms with van der Waals surface area (Å²) in [5.74, 6) is 0.248. The molecule has 0 aromatic heterocycles. The number of amides is 1. The second kappa shape index (κ2) is 11.4. The van der Waals surface area contributed by atoms with Crippen LogP contribution >= 0.6 is 23.2 Å². The third-order valence-corrected chi connectivity index (χ3v) is 5.33. The van der Waals surface area contributed by atoms with Gasteiger partial charge in [0.2, 0.25) is 5.91 Å². The van der Waals surface area contributed by atoms with Crippen LogP contribution in [0.2, 0.25) is 10.0 Å². The molecule has 3 rings (SSSR count). The number of esters is 1. The number of ether oxygens (including phenoxy) is 3. The van der Waals surface area contributed by atoms with Gasteiger partial charge in [-0.2, -0.15) is 0 Å². The predicted molar refractivity (Wildman–Crippen MR) is 129 cm³/mol. The predicted octanol–water partition coefficient (Wildman–Crippen LogP) is 6.02. The van der Waals surface area contributed by atoms with Crippen LogP contribution in [0.4, 0.5) is 5.69 Å². The fraction of sp³-hybridized carbons (Fsp3) is 0.120. The molecule has 0 aliphatic rings. The van der Waals surface area contributed by atoms with Crippen molar-refractivity contribution in [3.63, 3.8) is 0 Å². The molecule has 0 spiro atoms. The minimum atomic E-state index is -0.441. The quantitative estimate of drug-likeness (QED) is 0.311. The van der Waals surface area contributed by atoms with Crippen molar-refractivity contribution in [3.05, 3.63) is 93.5 Å². The Morgan fingerprint density at radius 3 is 2.27 bits per heavy atom. The van der Waals surface area contributed by atoms with E-state index in [2.05, 4.69) is 10.1 Å². The molecule has 3 aromatic rings. The Balaban J connectivity index is 1.64. The van der Waals surface area contributed by atoms with E-state index in [1.54, 1.807) is 66.7 Å². The molecule has 3 aromatic carbocycles. The summed E-state index contributed by atoms with van der Waals surface area (Å²) in [6.45, 7) is 0.182. The molecule has 0 heterocycles. The van der Waals surface area contributed by atoms with Crippen molar-refractivity contribution >= 4 is 46.8 Å². The van der Waals surface area contributed by atoms with Crippen molar-refractivity contribution in [2.75, 3.05) is 19.5 Å². The fourth-order valence-electron chi connectivity index (χ4n) is 2.89. The molecule has 0 atom stereocenters. The van der Waals surface area contributed by atoms with Crippen LogP contribution < -0.4 is 14.8 Å². The Kier molecular flexibility index (Phi) is 8.35. The molecular formula is C25H21Cl2NO5. The van der Waals surface area contributed by atoms with Crippen molar-refractivity contribution in [2.45, 2.75) is 6.61 Å². The molecule has 6 nitrogen and oxygen atoms in total. The van der Waals surface area contributed by atoms with Gasteiger partial charge < -0.3 is 19.5 Å². The zero-order valence-electron chi connectivity index (χ0n) is 17.9. The van der Waals surface area contributed by atoms with Crippen LogP contribution in [0.1, 0.15) is 21.5 Å². The maximum absolute atomic E-state index is 12.2. The van der Waals surface area contributed by atoms with Crippen molar-refractivity contribution in [1.29, 1.82) is 0 Å². The molecule has 0 aliphatic carbocycles. The Hall–Kier alpha value is -3.48. The normalized spacial score (nSPS) is 10.7. The molecule has 8 heteroatoms. The monoisotopic (exact) mass is 485 g/mol. The van der Waals surface area contributed by atoms with Crippen molar-refractivity contribution in [1.82, 2.24) is 0 Å². The minimum absolute atomic E-state index is 0.182. The van der Waals surface area contributed by atoms with Gasteiger partial charge in [0.25, 0.3) is 0 Å². The van der Waals surface area contributed by atoms with Gasteiger partial charge in [-0.05, 0) is 60.2 Å². The Bertz CT molecular complexity index is 1160. The molecule has 0 bridgehead atoms. The Labute approximate surface area is 201 Å². The smallest absolute Gasteiger partial charge is 0.337 e. The van der Waals surface area contributed by atoms with Gasteiger partial charge in [0.15, 0.2) is 11.5 Å². The highest BCUT2D eigenvalue weighted by Crippen LogP contribution is 2.31. The highest BCUT2D eigenvalue weighted by molar-refractivity contribution is 6.35. The molecule has 0 aliphatic heterocycles. The second-order valence-electron chi connectivity index (χ2n) is 6.79. The summed E-state index contributed by atoms with van der Waals surface area (Å²) < 4.78 is 15.9. The first-order valence-electron chi connectivity index (χ1n) is 9.82. The standard InChI is InChI=1S/C25H21Cl2NO5/c1-31-23-14-16(6-12-22(23)33-15-19-20(26)4-3-5-21(19)27)7-13-24(29)28-18-10-8-17(9-11-18)25(30)32-2/h3-14H,15H2,1-2H3,(H,28,29). The first kappa shape index (κ1) is 24.2. The molecule has 0 unspecified atom stereocenters. The van der Waals surface area contributed by atoms with Crippen LogP contribution in [0.3, 0.4) is 0 Å². The average Bonchev–Trinajstić information content (AvgIpc) is 2.82. The Morgan fingerprint density at radius 2 is 1.64 bits per heavy atom. The molecule has 1 amide bonds. The van der Waals surface area contributed by atoms with Gasteiger partial charge in [-0.3, -0.25) is 4.79 Å². The number of carbonyl (C=O) groups is 2. The molecule has 0 saturated heterocycles. The average molecular weight is 486 g/mol. The number of methoxy groups -OCH3 is 2. The van der Waals surface area contributed by atoms with Crippen LogP contribution in [0.5, 0.6) is 11.5 Å². The summed E-state index contributed by atoms with van der Waals surface area (Å²) in [4.78, 5) is 23.7. The summed E-state index contributed by atoms with van der Waals surface area (Å²) in [7, 11) is 2.84. The maximum atomic E-state index is 12.2. The summed E-state index contributed by atoms with van der Waals surface area (Å²) in [5.41, 5.74) is 2.38. The number of nitrogens with one attached hydrogen (secondary N) is 1. The van der Waals surface area contributed by atoms with Crippen LogP contribution in [-0.4, -0.2) is 26.1 Å². The number of hydrogen-bond acceptors (Lipinski definition) is 5. The lowest BCUT2D eigenvalue weighted by Crippen LogP contribution is -2.08. The molecular weight excluding hydrogens is 465 g/mol. The van der Waals surface area contributed by atoms with Crippen LogP contribution in [0, 0.1) is 0 Å². The summed E-state index contributed by atoms with van der Waals surface area (Å²) >= 11 is 12.4. The second-order valence-corrected chi connectivity index (χ2v) is 7.61. The van der Waals surface area contributed by atoms with Gasteiger partial charge >= 0.3 is 5.97 Å². The number of carbonyl (C=O) groups excluding carboxylic acids is 2. The largest absolute Gasteiger partial charge is 0.493 e. The van der Waals surface area contributed by atoms with Crippen molar-refractivity contribution in [3.8, 4) is 11.5 Å². The van der Waals surface area contributed by atoms with Crippen LogP contribution in [0.25, 0.3) is 6.08 Å². The van der Waals surface area contributed by atoms with Gasteiger partial charge in [-0.15, -0.1) is 0 Å². The van der Waals surface area contributed by atoms with E-state index in [1.165, 1.54) is 20.3 Å². The van der Waals surface area contributed by atoms with Gasteiger partial charge in [0, 0.05) is 27.4 Å². The molecule has 1 N–H and O–H groups in total. The maximum Gasteiger partial charge on any atom is 0.337 e. The van der Waals surface area contributed by atoms with E-state index in [0.717, 1.165) is 5.56 Å². The minimum Gasteiger partial charge on any atom is -0.493 e. The van der Waals surface area contributed by atoms with Crippen LogP contribution in [-0.2, 0) is 16.1 Å². The fourth-order valence-corrected chi connectivity index (χ4v) is 3.40. The van der Waals surface area contributed by atoms with E-state index in [4.69, 9.17) is 32.7 Å². The van der Waals surface area contributed by atoms with E-state index in [0.29, 0.717) is 38.4 Å². The van der Waals surface area contributed by atoms with E-state index in [1.807, 2.05) is 0 Å². The van der Waals surface area contributed by atoms with Gasteiger partial charge in [-0.25, -0.2) is 4.79 Å². The zero-order valence-corrected chi connectivity index (χ0v) is 19.4. The van der Waals surface area contributed by atoms with Gasteiger partial charge in [0.1, 0.15) is 6.61 Å². The van der Waals surface area contributed by atoms with Crippen LogP contribution in [0.15, 0.2) is 66.7 Å². The Morgan fingerprint density at radius 1 is 0.939 bits per heavy atom. The lowest BCUT2D eigenvalue weighted by atomic mass is 10.1. The van der Waals surface area contributed by atoms with Gasteiger partial charge in [0.05, 0.1) is 19.8 Å².